The molecule has 4 amide bonds. The summed E-state index contributed by atoms with van der Waals surface area (Å²) in [5, 5.41) is 7.51. The molecule has 4 rings (SSSR count). The second-order valence-corrected chi connectivity index (χ2v) is 8.77. The van der Waals surface area contributed by atoms with Crippen molar-refractivity contribution in [2.24, 2.45) is 5.92 Å². The van der Waals surface area contributed by atoms with E-state index in [-0.39, 0.29) is 5.91 Å². The molecule has 2 fully saturated rings. The maximum Gasteiger partial charge on any atom is 0.327 e. The number of esters is 1. The third-order valence-electron chi connectivity index (χ3n) is 6.36. The third-order valence-corrected chi connectivity index (χ3v) is 6.36. The lowest BCUT2D eigenvalue weighted by Crippen LogP contribution is -2.49. The lowest BCUT2D eigenvalue weighted by atomic mass is 9.77. The number of urea groups is 1. The topological polar surface area (TPSA) is 105 Å². The van der Waals surface area contributed by atoms with Crippen molar-refractivity contribution >= 4 is 40.3 Å². The van der Waals surface area contributed by atoms with E-state index in [0.717, 1.165) is 28.5 Å². The predicted molar refractivity (Wildman–Crippen MR) is 119 cm³/mol. The minimum Gasteiger partial charge on any atom is -0.451 e. The Bertz CT molecular complexity index is 1070. The molecule has 1 spiro atoms. The fraction of sp³-hybridized carbons (Fsp3) is 0.417. The molecule has 0 bridgehead atoms. The summed E-state index contributed by atoms with van der Waals surface area (Å²) >= 11 is 0. The molecule has 8 nitrogen and oxygen atoms in total. The number of carbonyl (C=O) groups excluding carboxylic acids is 4. The van der Waals surface area contributed by atoms with E-state index >= 15 is 0 Å². The first-order chi connectivity index (χ1) is 15.3. The van der Waals surface area contributed by atoms with E-state index in [1.165, 1.54) is 6.92 Å². The number of carbonyl (C=O) groups is 4. The Morgan fingerprint density at radius 3 is 2.56 bits per heavy atom. The molecule has 2 aliphatic rings. The first kappa shape index (κ1) is 21.8. The van der Waals surface area contributed by atoms with Gasteiger partial charge in [-0.05, 0) is 61.4 Å². The minimum absolute atomic E-state index is 0.389. The number of ether oxygens (including phenoxy) is 1. The molecule has 2 aromatic carbocycles. The molecule has 1 heterocycles. The predicted octanol–water partition coefficient (Wildman–Crippen LogP) is 3.21. The Morgan fingerprint density at radius 2 is 1.84 bits per heavy atom. The first-order valence-corrected chi connectivity index (χ1v) is 10.9. The number of benzene rings is 2. The molecule has 2 aromatic rings. The van der Waals surface area contributed by atoms with Crippen molar-refractivity contribution in [1.82, 2.24) is 10.2 Å². The Morgan fingerprint density at radius 1 is 1.16 bits per heavy atom. The number of amides is 4. The lowest BCUT2D eigenvalue weighted by Gasteiger charge is -2.33. The lowest BCUT2D eigenvalue weighted by molar-refractivity contribution is -0.155. The highest BCUT2D eigenvalue weighted by Crippen LogP contribution is 2.36. The standard InChI is InChI=1S/C24H27N3O5/c1-15-9-11-24(12-10-15)22(30)27(23(31)26-24)14-20(28)32-16(2)21(29)25-19-8-7-17-5-3-4-6-18(17)13-19/h3-8,13,15-16H,9-12,14H2,1-2H3,(H,25,29)(H,26,31)/t15?,16-,24?/m1/s1. The van der Waals surface area contributed by atoms with Crippen LogP contribution in [0.4, 0.5) is 10.5 Å². The number of nitrogens with zero attached hydrogens (tertiary/aromatic N) is 1. The van der Waals surface area contributed by atoms with E-state index in [4.69, 9.17) is 4.74 Å². The maximum absolute atomic E-state index is 12.9. The van der Waals surface area contributed by atoms with Crippen LogP contribution in [0.15, 0.2) is 42.5 Å². The van der Waals surface area contributed by atoms with Crippen LogP contribution >= 0.6 is 0 Å². The molecular weight excluding hydrogens is 410 g/mol. The van der Waals surface area contributed by atoms with Crippen LogP contribution in [-0.2, 0) is 19.1 Å². The van der Waals surface area contributed by atoms with Gasteiger partial charge in [-0.3, -0.25) is 19.3 Å². The molecule has 8 heteroatoms. The van der Waals surface area contributed by atoms with Gasteiger partial charge in [0, 0.05) is 5.69 Å². The van der Waals surface area contributed by atoms with Crippen LogP contribution in [0.5, 0.6) is 0 Å². The molecule has 1 saturated heterocycles. The number of anilines is 1. The van der Waals surface area contributed by atoms with Crippen LogP contribution in [0.3, 0.4) is 0 Å². The first-order valence-electron chi connectivity index (χ1n) is 10.9. The highest BCUT2D eigenvalue weighted by molar-refractivity contribution is 6.09. The monoisotopic (exact) mass is 437 g/mol. The fourth-order valence-electron chi connectivity index (χ4n) is 4.34. The van der Waals surface area contributed by atoms with Crippen molar-refractivity contribution in [3.05, 3.63) is 42.5 Å². The van der Waals surface area contributed by atoms with Crippen molar-refractivity contribution in [3.63, 3.8) is 0 Å². The molecule has 1 aliphatic heterocycles. The summed E-state index contributed by atoms with van der Waals surface area (Å²) in [6, 6.07) is 12.7. The van der Waals surface area contributed by atoms with Gasteiger partial charge >= 0.3 is 12.0 Å². The molecule has 168 valence electrons. The summed E-state index contributed by atoms with van der Waals surface area (Å²) in [4.78, 5) is 51.0. The van der Waals surface area contributed by atoms with Gasteiger partial charge in [0.2, 0.25) is 0 Å². The zero-order chi connectivity index (χ0) is 22.9. The number of fused-ring (bicyclic) bond motifs is 1. The summed E-state index contributed by atoms with van der Waals surface area (Å²) in [7, 11) is 0. The van der Waals surface area contributed by atoms with Crippen molar-refractivity contribution in [1.29, 1.82) is 0 Å². The van der Waals surface area contributed by atoms with Crippen LogP contribution in [-0.4, -0.2) is 46.9 Å². The average molecular weight is 437 g/mol. The van der Waals surface area contributed by atoms with E-state index in [9.17, 15) is 19.2 Å². The van der Waals surface area contributed by atoms with Crippen molar-refractivity contribution in [3.8, 4) is 0 Å². The zero-order valence-corrected chi connectivity index (χ0v) is 18.2. The van der Waals surface area contributed by atoms with E-state index in [2.05, 4.69) is 17.6 Å². The quantitative estimate of drug-likeness (QED) is 0.552. The SMILES string of the molecule is CC1CCC2(CC1)NC(=O)N(CC(=O)O[C@H](C)C(=O)Nc1ccc3ccccc3c1)C2=O. The summed E-state index contributed by atoms with van der Waals surface area (Å²) in [5.41, 5.74) is -0.331. The van der Waals surface area contributed by atoms with Crippen molar-refractivity contribution in [2.45, 2.75) is 51.2 Å². The Hall–Kier alpha value is -3.42. The van der Waals surface area contributed by atoms with Crippen LogP contribution in [0.1, 0.15) is 39.5 Å². The Balaban J connectivity index is 1.33. The summed E-state index contributed by atoms with van der Waals surface area (Å²) < 4.78 is 5.20. The summed E-state index contributed by atoms with van der Waals surface area (Å²) in [5.74, 6) is -1.19. The second-order valence-electron chi connectivity index (χ2n) is 8.77. The molecule has 0 aromatic heterocycles. The second kappa shape index (κ2) is 8.61. The smallest absolute Gasteiger partial charge is 0.327 e. The molecule has 1 atom stereocenters. The summed E-state index contributed by atoms with van der Waals surface area (Å²) in [6.45, 7) is 3.05. The summed E-state index contributed by atoms with van der Waals surface area (Å²) in [6.07, 6.45) is 1.73. The number of hydrogen-bond donors (Lipinski definition) is 2. The number of imide groups is 1. The van der Waals surface area contributed by atoms with Gasteiger partial charge in [-0.2, -0.15) is 0 Å². The van der Waals surface area contributed by atoms with Gasteiger partial charge in [-0.15, -0.1) is 0 Å². The minimum atomic E-state index is -1.08. The van der Waals surface area contributed by atoms with Gasteiger partial charge in [0.25, 0.3) is 11.8 Å². The van der Waals surface area contributed by atoms with E-state index < -0.39 is 36.1 Å². The van der Waals surface area contributed by atoms with Gasteiger partial charge < -0.3 is 15.4 Å². The van der Waals surface area contributed by atoms with Crippen LogP contribution < -0.4 is 10.6 Å². The van der Waals surface area contributed by atoms with Crippen LogP contribution in [0.2, 0.25) is 0 Å². The van der Waals surface area contributed by atoms with Gasteiger partial charge in [0.1, 0.15) is 12.1 Å². The van der Waals surface area contributed by atoms with Crippen molar-refractivity contribution < 1.29 is 23.9 Å². The fourth-order valence-corrected chi connectivity index (χ4v) is 4.34. The zero-order valence-electron chi connectivity index (χ0n) is 18.2. The normalized spacial score (nSPS) is 23.8. The van der Waals surface area contributed by atoms with Gasteiger partial charge in [0.05, 0.1) is 0 Å². The largest absolute Gasteiger partial charge is 0.451 e. The molecule has 32 heavy (non-hydrogen) atoms. The molecule has 1 aliphatic carbocycles. The molecule has 1 saturated carbocycles. The van der Waals surface area contributed by atoms with Gasteiger partial charge in [-0.1, -0.05) is 37.3 Å². The number of nitrogens with one attached hydrogen (secondary N) is 2. The maximum atomic E-state index is 12.9. The molecular formula is C24H27N3O5. The van der Waals surface area contributed by atoms with Gasteiger partial charge in [0.15, 0.2) is 6.10 Å². The van der Waals surface area contributed by atoms with Gasteiger partial charge in [-0.25, -0.2) is 4.79 Å². The molecule has 2 N–H and O–H groups in total. The van der Waals surface area contributed by atoms with Crippen LogP contribution in [0.25, 0.3) is 10.8 Å². The number of rotatable bonds is 5. The Labute approximate surface area is 186 Å². The van der Waals surface area contributed by atoms with E-state index in [1.807, 2.05) is 36.4 Å². The van der Waals surface area contributed by atoms with E-state index in [1.54, 1.807) is 6.07 Å². The Kier molecular flexibility index (Phi) is 5.86. The highest BCUT2D eigenvalue weighted by atomic mass is 16.5. The third kappa shape index (κ3) is 4.30. The van der Waals surface area contributed by atoms with E-state index in [0.29, 0.717) is 24.4 Å². The van der Waals surface area contributed by atoms with Crippen molar-refractivity contribution in [2.75, 3.05) is 11.9 Å². The number of hydrogen-bond acceptors (Lipinski definition) is 5. The molecule has 0 radical (unpaired) electrons. The highest BCUT2D eigenvalue weighted by Gasteiger charge is 2.52. The molecule has 0 unspecified atom stereocenters. The average Bonchev–Trinajstić information content (AvgIpc) is 2.99. The van der Waals surface area contributed by atoms with Crippen LogP contribution in [0, 0.1) is 5.92 Å².